The third kappa shape index (κ3) is 2.14. The molecule has 3 aliphatic rings. The van der Waals surface area contributed by atoms with Crippen molar-refractivity contribution in [3.63, 3.8) is 0 Å². The highest BCUT2D eigenvalue weighted by Gasteiger charge is 2.60. The number of aryl methyl sites for hydroxylation is 2. The van der Waals surface area contributed by atoms with Gasteiger partial charge in [-0.15, -0.1) is 5.10 Å². The molecule has 2 bridgehead atoms. The van der Waals surface area contributed by atoms with Crippen molar-refractivity contribution in [2.45, 2.75) is 49.6 Å². The van der Waals surface area contributed by atoms with Gasteiger partial charge < -0.3 is 0 Å². The molecule has 7 heteroatoms. The Morgan fingerprint density at radius 2 is 1.96 bits per heavy atom. The topological polar surface area (TPSA) is 68.1 Å². The molecule has 0 spiro atoms. The largest absolute Gasteiger partial charge is 0.245 e. The first kappa shape index (κ1) is 14.8. The molecule has 5 rings (SSSR count). The van der Waals surface area contributed by atoms with E-state index in [-0.39, 0.29) is 11.6 Å². The standard InChI is InChI=1S/C16H20N4O2S/c1-3-13-10-20(18-17-13)16-8-14(9-16)19(11-16)23(21,22)15-6-4-12(2)5-7-15/h4-7,10,14H,3,8-9,11H2,1-2H3. The van der Waals surface area contributed by atoms with Crippen LogP contribution in [0.5, 0.6) is 0 Å². The lowest BCUT2D eigenvalue weighted by Gasteiger charge is -2.36. The molecule has 6 nitrogen and oxygen atoms in total. The van der Waals surface area contributed by atoms with Crippen molar-refractivity contribution in [2.75, 3.05) is 6.54 Å². The maximum absolute atomic E-state index is 12.9. The Bertz CT molecular complexity index is 835. The first-order chi connectivity index (χ1) is 10.9. The van der Waals surface area contributed by atoms with E-state index in [0.717, 1.165) is 30.5 Å². The average molecular weight is 332 g/mol. The predicted octanol–water partition coefficient (Wildman–Crippen LogP) is 1.71. The van der Waals surface area contributed by atoms with Crippen LogP contribution in [0.1, 0.15) is 31.0 Å². The molecule has 0 N–H and O–H groups in total. The molecule has 2 saturated heterocycles. The minimum Gasteiger partial charge on any atom is -0.245 e. The van der Waals surface area contributed by atoms with Crippen LogP contribution in [-0.4, -0.2) is 40.3 Å². The fraction of sp³-hybridized carbons (Fsp3) is 0.500. The molecule has 1 aromatic heterocycles. The molecule has 1 saturated carbocycles. The second-order valence-electron chi connectivity index (χ2n) is 6.66. The van der Waals surface area contributed by atoms with E-state index in [1.54, 1.807) is 16.4 Å². The number of benzene rings is 1. The normalized spacial score (nSPS) is 27.1. The van der Waals surface area contributed by atoms with Crippen LogP contribution < -0.4 is 0 Å². The minimum absolute atomic E-state index is 0.0792. The second kappa shape index (κ2) is 4.88. The summed E-state index contributed by atoms with van der Waals surface area (Å²) in [6.07, 6.45) is 4.44. The van der Waals surface area contributed by atoms with Gasteiger partial charge in [-0.25, -0.2) is 13.1 Å². The van der Waals surface area contributed by atoms with Gasteiger partial charge in [0.05, 0.1) is 16.1 Å². The summed E-state index contributed by atoms with van der Waals surface area (Å²) in [6, 6.07) is 7.15. The Morgan fingerprint density at radius 1 is 1.26 bits per heavy atom. The van der Waals surface area contributed by atoms with E-state index in [9.17, 15) is 8.42 Å². The zero-order valence-corrected chi connectivity index (χ0v) is 14.1. The van der Waals surface area contributed by atoms with Crippen molar-refractivity contribution in [1.29, 1.82) is 0 Å². The first-order valence-corrected chi connectivity index (χ1v) is 9.39. The van der Waals surface area contributed by atoms with Gasteiger partial charge >= 0.3 is 0 Å². The van der Waals surface area contributed by atoms with Gasteiger partial charge in [-0.05, 0) is 38.3 Å². The molecular formula is C16H20N4O2S. The van der Waals surface area contributed by atoms with Gasteiger partial charge in [0, 0.05) is 18.8 Å². The van der Waals surface area contributed by atoms with Gasteiger partial charge in [0.2, 0.25) is 10.0 Å². The number of sulfonamides is 1. The fourth-order valence-electron chi connectivity index (χ4n) is 3.65. The van der Waals surface area contributed by atoms with Crippen molar-refractivity contribution < 1.29 is 8.42 Å². The highest BCUT2D eigenvalue weighted by atomic mass is 32.2. The van der Waals surface area contributed by atoms with Crippen LogP contribution >= 0.6 is 0 Å². The summed E-state index contributed by atoms with van der Waals surface area (Å²) in [5.74, 6) is 0. The lowest BCUT2D eigenvalue weighted by molar-refractivity contribution is 0.173. The Balaban J connectivity index is 1.62. The maximum Gasteiger partial charge on any atom is 0.243 e. The molecule has 0 radical (unpaired) electrons. The molecule has 0 amide bonds. The Kier molecular flexibility index (Phi) is 3.15. The third-order valence-electron chi connectivity index (χ3n) is 5.11. The van der Waals surface area contributed by atoms with E-state index in [1.807, 2.05) is 36.9 Å². The SMILES string of the molecule is CCc1cn(C23CC(C2)N(S(=O)(=O)c2ccc(C)cc2)C3)nn1. The zero-order chi connectivity index (χ0) is 16.2. The van der Waals surface area contributed by atoms with Gasteiger partial charge in [0.25, 0.3) is 0 Å². The van der Waals surface area contributed by atoms with E-state index >= 15 is 0 Å². The summed E-state index contributed by atoms with van der Waals surface area (Å²) in [5.41, 5.74) is 1.80. The average Bonchev–Trinajstić information content (AvgIpc) is 3.19. The molecule has 1 aliphatic carbocycles. The molecule has 3 fully saturated rings. The Labute approximate surface area is 136 Å². The highest BCUT2D eigenvalue weighted by molar-refractivity contribution is 7.89. The molecule has 122 valence electrons. The summed E-state index contributed by atoms with van der Waals surface area (Å²) >= 11 is 0. The number of fused-ring (bicyclic) bond motifs is 1. The summed E-state index contributed by atoms with van der Waals surface area (Å²) < 4.78 is 29.3. The first-order valence-electron chi connectivity index (χ1n) is 7.95. The smallest absolute Gasteiger partial charge is 0.243 e. The summed E-state index contributed by atoms with van der Waals surface area (Å²) in [5, 5.41) is 8.37. The van der Waals surface area contributed by atoms with Crippen molar-refractivity contribution in [3.05, 3.63) is 41.7 Å². The number of nitrogens with zero attached hydrogens (tertiary/aromatic N) is 4. The van der Waals surface area contributed by atoms with Crippen LogP contribution in [0.3, 0.4) is 0 Å². The third-order valence-corrected chi connectivity index (χ3v) is 7.02. The van der Waals surface area contributed by atoms with Crippen molar-refractivity contribution in [2.24, 2.45) is 0 Å². The van der Waals surface area contributed by atoms with Crippen molar-refractivity contribution in [1.82, 2.24) is 19.3 Å². The molecule has 0 atom stereocenters. The van der Waals surface area contributed by atoms with Crippen LogP contribution in [0.25, 0.3) is 0 Å². The lowest BCUT2D eigenvalue weighted by atomic mass is 9.78. The van der Waals surface area contributed by atoms with Crippen LogP contribution in [0, 0.1) is 6.92 Å². The summed E-state index contributed by atoms with van der Waals surface area (Å²) in [6.45, 7) is 4.48. The number of hydrogen-bond donors (Lipinski definition) is 0. The Morgan fingerprint density at radius 3 is 2.57 bits per heavy atom. The quantitative estimate of drug-likeness (QED) is 0.855. The fourth-order valence-corrected chi connectivity index (χ4v) is 5.35. The number of rotatable bonds is 4. The number of aromatic nitrogens is 3. The van der Waals surface area contributed by atoms with Gasteiger partial charge in [0.15, 0.2) is 0 Å². The van der Waals surface area contributed by atoms with E-state index in [4.69, 9.17) is 0 Å². The van der Waals surface area contributed by atoms with Gasteiger partial charge in [-0.1, -0.05) is 29.8 Å². The van der Waals surface area contributed by atoms with Crippen molar-refractivity contribution >= 4 is 10.0 Å². The molecule has 1 aromatic carbocycles. The number of hydrogen-bond acceptors (Lipinski definition) is 4. The molecule has 3 heterocycles. The van der Waals surface area contributed by atoms with Crippen molar-refractivity contribution in [3.8, 4) is 0 Å². The van der Waals surface area contributed by atoms with Gasteiger partial charge in [-0.2, -0.15) is 4.31 Å². The maximum atomic E-state index is 12.9. The van der Waals surface area contributed by atoms with Gasteiger partial charge in [0.1, 0.15) is 0 Å². The molecule has 0 unspecified atom stereocenters. The van der Waals surface area contributed by atoms with Crippen LogP contribution in [0.2, 0.25) is 0 Å². The minimum atomic E-state index is -3.44. The van der Waals surface area contributed by atoms with E-state index in [1.165, 1.54) is 0 Å². The highest BCUT2D eigenvalue weighted by Crippen LogP contribution is 2.51. The van der Waals surface area contributed by atoms with Crippen LogP contribution in [0.4, 0.5) is 0 Å². The van der Waals surface area contributed by atoms with Crippen LogP contribution in [-0.2, 0) is 22.0 Å². The zero-order valence-electron chi connectivity index (χ0n) is 13.3. The lowest BCUT2D eigenvalue weighted by Crippen LogP contribution is -2.43. The van der Waals surface area contributed by atoms with E-state index in [0.29, 0.717) is 11.4 Å². The Hall–Kier alpha value is -1.73. The second-order valence-corrected chi connectivity index (χ2v) is 8.55. The van der Waals surface area contributed by atoms with Gasteiger partial charge in [-0.3, -0.25) is 0 Å². The summed E-state index contributed by atoms with van der Waals surface area (Å²) in [4.78, 5) is 0.374. The molecule has 2 aliphatic heterocycles. The molecular weight excluding hydrogens is 312 g/mol. The predicted molar refractivity (Wildman–Crippen MR) is 85.5 cm³/mol. The monoisotopic (exact) mass is 332 g/mol. The molecule has 2 aromatic rings. The van der Waals surface area contributed by atoms with Crippen LogP contribution in [0.15, 0.2) is 35.4 Å². The molecule has 23 heavy (non-hydrogen) atoms. The van der Waals surface area contributed by atoms with E-state index in [2.05, 4.69) is 10.3 Å². The summed E-state index contributed by atoms with van der Waals surface area (Å²) in [7, 11) is -3.44. The van der Waals surface area contributed by atoms with E-state index < -0.39 is 10.0 Å².